The van der Waals surface area contributed by atoms with Gasteiger partial charge < -0.3 is 0 Å². The molecule has 4 rings (SSSR count). The van der Waals surface area contributed by atoms with E-state index in [2.05, 4.69) is 62.4 Å². The fraction of sp³-hybridized carbons (Fsp3) is 0.586. The molecule has 0 saturated heterocycles. The normalized spacial score (nSPS) is 28.2. The Morgan fingerprint density at radius 3 is 2.10 bits per heavy atom. The van der Waals surface area contributed by atoms with Gasteiger partial charge in [-0.2, -0.15) is 0 Å². The third-order valence-electron chi connectivity index (χ3n) is 7.93. The number of unbranched alkanes of at least 4 members (excludes halogenated alkanes) is 1. The van der Waals surface area contributed by atoms with Gasteiger partial charge in [-0.15, -0.1) is 0 Å². The molecule has 0 N–H and O–H groups in total. The predicted molar refractivity (Wildman–Crippen MR) is 128 cm³/mol. The molecule has 0 bridgehead atoms. The van der Waals surface area contributed by atoms with Crippen molar-refractivity contribution >= 4 is 10.8 Å². The van der Waals surface area contributed by atoms with Crippen LogP contribution >= 0.6 is 0 Å². The second-order valence-electron chi connectivity index (χ2n) is 9.80. The summed E-state index contributed by atoms with van der Waals surface area (Å²) in [6.07, 6.45) is 20.2. The minimum atomic E-state index is 0.787. The summed E-state index contributed by atoms with van der Waals surface area (Å²) in [7, 11) is 0. The van der Waals surface area contributed by atoms with Crippen molar-refractivity contribution in [1.29, 1.82) is 0 Å². The van der Waals surface area contributed by atoms with Gasteiger partial charge in [-0.25, -0.2) is 0 Å². The van der Waals surface area contributed by atoms with Crippen molar-refractivity contribution in [3.63, 3.8) is 0 Å². The highest BCUT2D eigenvalue weighted by Crippen LogP contribution is 2.44. The van der Waals surface area contributed by atoms with Crippen LogP contribution in [0.15, 0.2) is 48.6 Å². The molecular weight excluding hydrogens is 348 g/mol. The predicted octanol–water partition coefficient (Wildman–Crippen LogP) is 8.84. The summed E-state index contributed by atoms with van der Waals surface area (Å²) in [5.74, 6) is 3.67. The maximum Gasteiger partial charge on any atom is -0.0162 e. The van der Waals surface area contributed by atoms with Crippen LogP contribution in [0.25, 0.3) is 10.8 Å². The average Bonchev–Trinajstić information content (AvgIpc) is 2.79. The van der Waals surface area contributed by atoms with E-state index < -0.39 is 0 Å². The summed E-state index contributed by atoms with van der Waals surface area (Å²) >= 11 is 0. The summed E-state index contributed by atoms with van der Waals surface area (Å²) in [6.45, 7) is 4.52. The average molecular weight is 389 g/mol. The Morgan fingerprint density at radius 2 is 1.41 bits per heavy atom. The first-order valence-electron chi connectivity index (χ1n) is 12.5. The number of hydrogen-bond donors (Lipinski definition) is 0. The van der Waals surface area contributed by atoms with E-state index in [1.165, 1.54) is 80.5 Å². The number of benzene rings is 2. The van der Waals surface area contributed by atoms with Crippen LogP contribution in [0, 0.1) is 17.8 Å². The van der Waals surface area contributed by atoms with E-state index in [9.17, 15) is 0 Å². The summed E-state index contributed by atoms with van der Waals surface area (Å²) in [5, 5.41) is 2.84. The SMILES string of the molecule is CCC/C=C/C1CCC(C2CCC(c3ccc4cc(CC)ccc4c3)CC2)CC1. The molecular formula is C29H40. The highest BCUT2D eigenvalue weighted by atomic mass is 14.4. The van der Waals surface area contributed by atoms with E-state index in [1.807, 2.05) is 0 Å². The zero-order chi connectivity index (χ0) is 20.1. The topological polar surface area (TPSA) is 0 Å². The first kappa shape index (κ1) is 20.7. The maximum absolute atomic E-state index is 2.53. The minimum Gasteiger partial charge on any atom is -0.0883 e. The van der Waals surface area contributed by atoms with Crippen molar-refractivity contribution < 1.29 is 0 Å². The molecule has 0 spiro atoms. The summed E-state index contributed by atoms with van der Waals surface area (Å²) in [6, 6.07) is 14.3. The van der Waals surface area contributed by atoms with Crippen molar-refractivity contribution in [2.75, 3.05) is 0 Å². The molecule has 156 valence electrons. The van der Waals surface area contributed by atoms with Gasteiger partial charge in [0.15, 0.2) is 0 Å². The molecule has 0 radical (unpaired) electrons. The number of fused-ring (bicyclic) bond motifs is 1. The largest absolute Gasteiger partial charge is 0.0883 e. The molecule has 0 aliphatic heterocycles. The lowest BCUT2D eigenvalue weighted by atomic mass is 9.68. The van der Waals surface area contributed by atoms with Gasteiger partial charge in [0.2, 0.25) is 0 Å². The Bertz CT molecular complexity index is 798. The smallest absolute Gasteiger partial charge is 0.0162 e. The lowest BCUT2D eigenvalue weighted by Crippen LogP contribution is -2.25. The lowest BCUT2D eigenvalue weighted by molar-refractivity contribution is 0.171. The Kier molecular flexibility index (Phi) is 7.11. The third kappa shape index (κ3) is 5.14. The van der Waals surface area contributed by atoms with Crippen LogP contribution in [0.1, 0.15) is 95.1 Å². The van der Waals surface area contributed by atoms with Crippen LogP contribution in [-0.2, 0) is 6.42 Å². The molecule has 2 saturated carbocycles. The summed E-state index contributed by atoms with van der Waals surface area (Å²) < 4.78 is 0. The summed E-state index contributed by atoms with van der Waals surface area (Å²) in [4.78, 5) is 0. The fourth-order valence-corrected chi connectivity index (χ4v) is 5.98. The van der Waals surface area contributed by atoms with Gasteiger partial charge in [-0.05, 0) is 110 Å². The summed E-state index contributed by atoms with van der Waals surface area (Å²) in [5.41, 5.74) is 3.03. The van der Waals surface area contributed by atoms with Gasteiger partial charge >= 0.3 is 0 Å². The highest BCUT2D eigenvalue weighted by molar-refractivity contribution is 5.84. The van der Waals surface area contributed by atoms with Gasteiger partial charge in [0.25, 0.3) is 0 Å². The number of aryl methyl sites for hydroxylation is 1. The van der Waals surface area contributed by atoms with Gasteiger partial charge in [-0.3, -0.25) is 0 Å². The van der Waals surface area contributed by atoms with Crippen molar-refractivity contribution in [2.24, 2.45) is 17.8 Å². The third-order valence-corrected chi connectivity index (χ3v) is 7.93. The first-order chi connectivity index (χ1) is 14.3. The zero-order valence-corrected chi connectivity index (χ0v) is 18.7. The van der Waals surface area contributed by atoms with Crippen molar-refractivity contribution in [3.05, 3.63) is 59.7 Å². The molecule has 0 heterocycles. The van der Waals surface area contributed by atoms with Crippen LogP contribution < -0.4 is 0 Å². The number of rotatable bonds is 6. The molecule has 0 aromatic heterocycles. The molecule has 0 unspecified atom stereocenters. The molecule has 2 fully saturated rings. The van der Waals surface area contributed by atoms with Crippen molar-refractivity contribution in [3.8, 4) is 0 Å². The van der Waals surface area contributed by atoms with Crippen LogP contribution in [-0.4, -0.2) is 0 Å². The molecule has 0 atom stereocenters. The Hall–Kier alpha value is -1.56. The van der Waals surface area contributed by atoms with Gasteiger partial charge in [0.1, 0.15) is 0 Å². The number of allylic oxidation sites excluding steroid dienone is 2. The van der Waals surface area contributed by atoms with Crippen LogP contribution in [0.4, 0.5) is 0 Å². The Morgan fingerprint density at radius 1 is 0.759 bits per heavy atom. The van der Waals surface area contributed by atoms with E-state index in [1.54, 1.807) is 5.56 Å². The zero-order valence-electron chi connectivity index (χ0n) is 18.7. The molecule has 29 heavy (non-hydrogen) atoms. The molecule has 0 heteroatoms. The monoisotopic (exact) mass is 388 g/mol. The van der Waals surface area contributed by atoms with Crippen LogP contribution in [0.2, 0.25) is 0 Å². The second kappa shape index (κ2) is 9.96. The molecule has 0 nitrogen and oxygen atoms in total. The van der Waals surface area contributed by atoms with E-state index >= 15 is 0 Å². The maximum atomic E-state index is 2.53. The first-order valence-corrected chi connectivity index (χ1v) is 12.5. The Labute approximate surface area is 178 Å². The molecule has 2 aromatic rings. The van der Waals surface area contributed by atoms with E-state index in [0.29, 0.717) is 0 Å². The van der Waals surface area contributed by atoms with Gasteiger partial charge in [0, 0.05) is 0 Å². The van der Waals surface area contributed by atoms with Crippen molar-refractivity contribution in [2.45, 2.75) is 90.4 Å². The van der Waals surface area contributed by atoms with Crippen LogP contribution in [0.3, 0.4) is 0 Å². The van der Waals surface area contributed by atoms with Gasteiger partial charge in [0.05, 0.1) is 0 Å². The fourth-order valence-electron chi connectivity index (χ4n) is 5.98. The second-order valence-corrected chi connectivity index (χ2v) is 9.80. The lowest BCUT2D eigenvalue weighted by Gasteiger charge is -2.37. The molecule has 2 aliphatic rings. The van der Waals surface area contributed by atoms with Gasteiger partial charge in [-0.1, -0.05) is 68.8 Å². The molecule has 0 amide bonds. The quantitative estimate of drug-likeness (QED) is 0.433. The molecule has 2 aromatic carbocycles. The Balaban J connectivity index is 1.30. The number of hydrogen-bond acceptors (Lipinski definition) is 0. The minimum absolute atomic E-state index is 0.787. The van der Waals surface area contributed by atoms with E-state index in [-0.39, 0.29) is 0 Å². The highest BCUT2D eigenvalue weighted by Gasteiger charge is 2.30. The van der Waals surface area contributed by atoms with Crippen LogP contribution in [0.5, 0.6) is 0 Å². The van der Waals surface area contributed by atoms with E-state index in [4.69, 9.17) is 0 Å². The standard InChI is InChI=1S/C29H40/c1-3-5-6-7-23-9-11-24(12-10-23)25-14-16-26(17-15-25)28-19-18-27-20-22(4-2)8-13-29(27)21-28/h6-8,13,18-21,23-26H,3-5,9-12,14-17H2,1-2H3/b7-6+. The molecule has 2 aliphatic carbocycles. The van der Waals surface area contributed by atoms with E-state index in [0.717, 1.165) is 30.1 Å². The van der Waals surface area contributed by atoms with Crippen molar-refractivity contribution in [1.82, 2.24) is 0 Å².